The summed E-state index contributed by atoms with van der Waals surface area (Å²) >= 11 is 0. The van der Waals surface area contributed by atoms with Gasteiger partial charge in [0, 0.05) is 39.9 Å². The van der Waals surface area contributed by atoms with Crippen LogP contribution in [-0.4, -0.2) is 19.3 Å². The van der Waals surface area contributed by atoms with Gasteiger partial charge in [-0.15, -0.1) is 35.7 Å². The molecule has 0 fully saturated rings. The van der Waals surface area contributed by atoms with Crippen molar-refractivity contribution < 1.29 is 25.8 Å². The number of ether oxygens (including phenoxy) is 1. The zero-order valence-electron chi connectivity index (χ0n) is 35.9. The number of aryl methyl sites for hydroxylation is 1. The third-order valence-electron chi connectivity index (χ3n) is 11.3. The number of nitrogens with zero attached hydrogens (tertiary/aromatic N) is 4. The minimum atomic E-state index is -0.0602. The number of hydrogen-bond acceptors (Lipinski definition) is 3. The molecule has 0 unspecified atom stereocenters. The molecule has 3 heterocycles. The van der Waals surface area contributed by atoms with Gasteiger partial charge in [-0.05, 0) is 68.8 Å². The van der Waals surface area contributed by atoms with Crippen LogP contribution in [0.5, 0.6) is 11.5 Å². The van der Waals surface area contributed by atoms with Crippen LogP contribution in [0, 0.1) is 12.1 Å². The molecule has 3 aromatic heterocycles. The summed E-state index contributed by atoms with van der Waals surface area (Å²) < 4.78 is 10.9. The fourth-order valence-electron chi connectivity index (χ4n) is 8.10. The van der Waals surface area contributed by atoms with Gasteiger partial charge in [0.2, 0.25) is 0 Å². The maximum atomic E-state index is 6.67. The maximum absolute atomic E-state index is 6.67. The normalized spacial score (nSPS) is 11.9. The van der Waals surface area contributed by atoms with E-state index in [1.54, 1.807) is 0 Å². The van der Waals surface area contributed by atoms with E-state index in [1.165, 1.54) is 16.7 Å². The Bertz CT molecular complexity index is 2950. The fourth-order valence-corrected chi connectivity index (χ4v) is 8.10. The van der Waals surface area contributed by atoms with E-state index >= 15 is 0 Å². The molecule has 9 rings (SSSR count). The summed E-state index contributed by atoms with van der Waals surface area (Å²) in [5.41, 5.74) is 12.7. The van der Waals surface area contributed by atoms with Crippen LogP contribution in [-0.2, 0) is 38.3 Å². The van der Waals surface area contributed by atoms with Crippen molar-refractivity contribution in [1.82, 2.24) is 19.3 Å². The van der Waals surface area contributed by atoms with Crippen molar-refractivity contribution in [3.05, 3.63) is 181 Å². The third-order valence-corrected chi connectivity index (χ3v) is 11.3. The SMILES string of the molecule is CCCc1ccnc(-n2c3[c-]c(Oc4[c-]c(-n5nc(-c6ccccc6)c(-c6cc(C(C)(C)C)cc(C(C)(C)C)c6)c5-c5ccccc5)ccc4)ccc3c3ccccc32)c1.[Pt+2]. The first kappa shape index (κ1) is 41.7. The zero-order valence-corrected chi connectivity index (χ0v) is 38.1. The van der Waals surface area contributed by atoms with Crippen LogP contribution < -0.4 is 4.74 Å². The van der Waals surface area contributed by atoms with E-state index in [-0.39, 0.29) is 31.9 Å². The van der Waals surface area contributed by atoms with Crippen LogP contribution in [0.2, 0.25) is 0 Å². The van der Waals surface area contributed by atoms with Gasteiger partial charge in [-0.25, -0.2) is 4.98 Å². The van der Waals surface area contributed by atoms with Crippen molar-refractivity contribution >= 4 is 21.8 Å². The molecular formula is C55H50N4OPt. The molecule has 0 aliphatic heterocycles. The maximum Gasteiger partial charge on any atom is 2.00 e. The van der Waals surface area contributed by atoms with Gasteiger partial charge in [0.1, 0.15) is 11.5 Å². The van der Waals surface area contributed by atoms with Crippen molar-refractivity contribution in [3.63, 3.8) is 0 Å². The predicted octanol–water partition coefficient (Wildman–Crippen LogP) is 14.3. The van der Waals surface area contributed by atoms with Crippen molar-refractivity contribution in [1.29, 1.82) is 0 Å². The minimum Gasteiger partial charge on any atom is -0.509 e. The first-order chi connectivity index (χ1) is 29.0. The van der Waals surface area contributed by atoms with Gasteiger partial charge >= 0.3 is 21.1 Å². The number of aromatic nitrogens is 4. The molecule has 0 bridgehead atoms. The summed E-state index contributed by atoms with van der Waals surface area (Å²) in [5, 5.41) is 7.71. The van der Waals surface area contributed by atoms with E-state index in [2.05, 4.69) is 193 Å². The Morgan fingerprint density at radius 1 is 0.607 bits per heavy atom. The second-order valence-electron chi connectivity index (χ2n) is 17.7. The molecule has 61 heavy (non-hydrogen) atoms. The minimum absolute atomic E-state index is 0. The van der Waals surface area contributed by atoms with Crippen LogP contribution >= 0.6 is 0 Å². The molecule has 0 spiro atoms. The zero-order chi connectivity index (χ0) is 41.6. The third kappa shape index (κ3) is 8.24. The van der Waals surface area contributed by atoms with Crippen LogP contribution in [0.4, 0.5) is 0 Å². The molecule has 0 saturated carbocycles. The predicted molar refractivity (Wildman–Crippen MR) is 248 cm³/mol. The van der Waals surface area contributed by atoms with Gasteiger partial charge in [-0.1, -0.05) is 157 Å². The molecule has 0 amide bonds. The van der Waals surface area contributed by atoms with Crippen LogP contribution in [0.1, 0.15) is 71.6 Å². The monoisotopic (exact) mass is 977 g/mol. The molecule has 6 aromatic carbocycles. The van der Waals surface area contributed by atoms with E-state index in [4.69, 9.17) is 14.8 Å². The smallest absolute Gasteiger partial charge is 0.509 e. The Morgan fingerprint density at radius 2 is 1.26 bits per heavy atom. The number of benzene rings is 6. The summed E-state index contributed by atoms with van der Waals surface area (Å²) in [4.78, 5) is 4.83. The number of rotatable bonds is 9. The quantitative estimate of drug-likeness (QED) is 0.135. The summed E-state index contributed by atoms with van der Waals surface area (Å²) in [7, 11) is 0. The van der Waals surface area contributed by atoms with Crippen LogP contribution in [0.15, 0.2) is 152 Å². The van der Waals surface area contributed by atoms with Crippen molar-refractivity contribution in [2.75, 3.05) is 0 Å². The van der Waals surface area contributed by atoms with Crippen LogP contribution in [0.3, 0.4) is 0 Å². The fraction of sp³-hybridized carbons (Fsp3) is 0.200. The van der Waals surface area contributed by atoms with E-state index < -0.39 is 0 Å². The molecule has 9 aromatic rings. The van der Waals surface area contributed by atoms with Crippen molar-refractivity contribution in [2.24, 2.45) is 0 Å². The molecule has 0 atom stereocenters. The van der Waals surface area contributed by atoms with Gasteiger partial charge < -0.3 is 9.30 Å². The molecule has 306 valence electrons. The summed E-state index contributed by atoms with van der Waals surface area (Å²) in [6, 6.07) is 58.3. The Kier molecular flexibility index (Phi) is 11.5. The number of para-hydroxylation sites is 1. The summed E-state index contributed by atoms with van der Waals surface area (Å²) in [6.45, 7) is 15.9. The second kappa shape index (κ2) is 16.8. The van der Waals surface area contributed by atoms with Gasteiger partial charge in [-0.3, -0.25) is 4.68 Å². The van der Waals surface area contributed by atoms with Gasteiger partial charge in [-0.2, -0.15) is 17.2 Å². The Labute approximate surface area is 374 Å². The molecule has 0 aliphatic carbocycles. The topological polar surface area (TPSA) is 44.9 Å². The van der Waals surface area contributed by atoms with Crippen molar-refractivity contribution in [2.45, 2.75) is 72.1 Å². The number of fused-ring (bicyclic) bond motifs is 3. The van der Waals surface area contributed by atoms with Gasteiger partial charge in [0.05, 0.1) is 5.69 Å². The summed E-state index contributed by atoms with van der Waals surface area (Å²) in [5.74, 6) is 2.03. The largest absolute Gasteiger partial charge is 2.00 e. The van der Waals surface area contributed by atoms with Gasteiger partial charge in [0.15, 0.2) is 0 Å². The molecule has 5 nitrogen and oxygen atoms in total. The molecule has 6 heteroatoms. The Balaban J connectivity index is 0.00000514. The van der Waals surface area contributed by atoms with E-state index in [0.29, 0.717) is 11.5 Å². The molecule has 0 N–H and O–H groups in total. The molecule has 0 aliphatic rings. The van der Waals surface area contributed by atoms with E-state index in [9.17, 15) is 0 Å². The first-order valence-electron chi connectivity index (χ1n) is 21.0. The Hall–Kier alpha value is -6.03. The average molecular weight is 978 g/mol. The standard InChI is InChI=1S/C55H50N4O.Pt/c1-8-18-37-29-30-56-50(31-37)58-48-26-16-15-25-46(48)47-28-27-45(36-49(47)58)60-44-24-17-23-43(35-44)59-53(39-21-13-10-14-22-39)51(52(57-59)38-19-11-9-12-20-38)40-32-41(54(2,3)4)34-42(33-40)55(5,6)7;/h9-17,19-34H,8,18H2,1-7H3;/q-2;+2. The Morgan fingerprint density at radius 3 is 1.95 bits per heavy atom. The number of hydrogen-bond donors (Lipinski definition) is 0. The first-order valence-corrected chi connectivity index (χ1v) is 21.0. The average Bonchev–Trinajstić information content (AvgIpc) is 3.81. The second-order valence-corrected chi connectivity index (χ2v) is 17.7. The summed E-state index contributed by atoms with van der Waals surface area (Å²) in [6.07, 6.45) is 3.97. The molecule has 0 radical (unpaired) electrons. The number of pyridine rings is 1. The molecular weight excluding hydrogens is 928 g/mol. The van der Waals surface area contributed by atoms with E-state index in [1.807, 2.05) is 29.1 Å². The molecule has 0 saturated heterocycles. The van der Waals surface area contributed by atoms with Crippen molar-refractivity contribution in [3.8, 4) is 56.6 Å². The van der Waals surface area contributed by atoms with Gasteiger partial charge in [0.25, 0.3) is 0 Å². The van der Waals surface area contributed by atoms with Crippen LogP contribution in [0.25, 0.3) is 67.0 Å². The van der Waals surface area contributed by atoms with E-state index in [0.717, 1.165) is 79.8 Å².